The van der Waals surface area contributed by atoms with E-state index in [-0.39, 0.29) is 11.9 Å². The summed E-state index contributed by atoms with van der Waals surface area (Å²) in [5.74, 6) is -0.214. The number of aromatic nitrogens is 1. The maximum atomic E-state index is 12.3. The van der Waals surface area contributed by atoms with Gasteiger partial charge in [-0.1, -0.05) is 30.3 Å². The number of hydrogen-bond donors (Lipinski definition) is 3. The van der Waals surface area contributed by atoms with Crippen LogP contribution in [0.1, 0.15) is 27.5 Å². The van der Waals surface area contributed by atoms with Crippen molar-refractivity contribution in [2.75, 3.05) is 11.1 Å². The number of amides is 1. The van der Waals surface area contributed by atoms with Crippen molar-refractivity contribution in [2.24, 2.45) is 5.73 Å². The molecule has 0 aliphatic rings. The van der Waals surface area contributed by atoms with E-state index in [2.05, 4.69) is 10.3 Å². The lowest BCUT2D eigenvalue weighted by molar-refractivity contribution is 0.102. The number of rotatable bonds is 4. The number of anilines is 2. The standard InChI is InChI=1S/C19H18N4O/c20-16-5-1-2-6-17(16)23-19(24)14-9-7-13(8-10-14)18(21)15-4-3-11-22-12-15/h1-12,18H,20-21H2,(H,23,24). The molecule has 5 N–H and O–H groups in total. The summed E-state index contributed by atoms with van der Waals surface area (Å²) in [6.07, 6.45) is 3.45. The van der Waals surface area contributed by atoms with E-state index in [0.29, 0.717) is 16.9 Å². The first kappa shape index (κ1) is 15.7. The van der Waals surface area contributed by atoms with E-state index in [1.165, 1.54) is 0 Å². The second-order valence-electron chi connectivity index (χ2n) is 5.43. The number of carbonyl (C=O) groups excluding carboxylic acids is 1. The Balaban J connectivity index is 1.75. The Labute approximate surface area is 140 Å². The number of nitrogens with zero attached hydrogens (tertiary/aromatic N) is 1. The third-order valence-corrected chi connectivity index (χ3v) is 3.78. The highest BCUT2D eigenvalue weighted by Crippen LogP contribution is 2.21. The van der Waals surface area contributed by atoms with Crippen LogP contribution in [0.2, 0.25) is 0 Å². The first-order valence-corrected chi connectivity index (χ1v) is 7.56. The molecule has 0 aliphatic carbocycles. The van der Waals surface area contributed by atoms with Crippen LogP contribution in [-0.4, -0.2) is 10.9 Å². The fourth-order valence-electron chi connectivity index (χ4n) is 2.40. The van der Waals surface area contributed by atoms with Crippen LogP contribution in [0, 0.1) is 0 Å². The number of nitrogens with two attached hydrogens (primary N) is 2. The summed E-state index contributed by atoms with van der Waals surface area (Å²) in [7, 11) is 0. The van der Waals surface area contributed by atoms with Crippen LogP contribution in [-0.2, 0) is 0 Å². The van der Waals surface area contributed by atoms with Crippen molar-refractivity contribution >= 4 is 17.3 Å². The van der Waals surface area contributed by atoms with Crippen molar-refractivity contribution in [3.8, 4) is 0 Å². The van der Waals surface area contributed by atoms with E-state index in [0.717, 1.165) is 11.1 Å². The maximum Gasteiger partial charge on any atom is 0.255 e. The van der Waals surface area contributed by atoms with Crippen LogP contribution in [0.5, 0.6) is 0 Å². The Bertz CT molecular complexity index is 832. The van der Waals surface area contributed by atoms with E-state index < -0.39 is 0 Å². The summed E-state index contributed by atoms with van der Waals surface area (Å²) < 4.78 is 0. The molecule has 0 spiro atoms. The fraction of sp³-hybridized carbons (Fsp3) is 0.0526. The molecule has 1 unspecified atom stereocenters. The molecule has 0 bridgehead atoms. The number of nitrogens with one attached hydrogen (secondary N) is 1. The molecule has 1 amide bonds. The third-order valence-electron chi connectivity index (χ3n) is 3.78. The zero-order valence-corrected chi connectivity index (χ0v) is 13.0. The number of nitrogen functional groups attached to an aromatic ring is 1. The van der Waals surface area contributed by atoms with Crippen molar-refractivity contribution in [3.05, 3.63) is 89.7 Å². The van der Waals surface area contributed by atoms with Crippen molar-refractivity contribution in [1.29, 1.82) is 0 Å². The third kappa shape index (κ3) is 3.42. The summed E-state index contributed by atoms with van der Waals surface area (Å²) in [5.41, 5.74) is 15.6. The highest BCUT2D eigenvalue weighted by molar-refractivity contribution is 6.05. The lowest BCUT2D eigenvalue weighted by atomic mass is 10.00. The van der Waals surface area contributed by atoms with Gasteiger partial charge in [-0.3, -0.25) is 9.78 Å². The highest BCUT2D eigenvalue weighted by atomic mass is 16.1. The Kier molecular flexibility index (Phi) is 4.54. The van der Waals surface area contributed by atoms with Crippen molar-refractivity contribution < 1.29 is 4.79 Å². The molecule has 3 rings (SSSR count). The molecule has 1 aromatic heterocycles. The van der Waals surface area contributed by atoms with Gasteiger partial charge in [0.15, 0.2) is 0 Å². The summed E-state index contributed by atoms with van der Waals surface area (Å²) in [4.78, 5) is 16.4. The second kappa shape index (κ2) is 6.93. The molecule has 0 radical (unpaired) electrons. The van der Waals surface area contributed by atoms with E-state index >= 15 is 0 Å². The Morgan fingerprint density at radius 3 is 2.38 bits per heavy atom. The van der Waals surface area contributed by atoms with Gasteiger partial charge in [-0.2, -0.15) is 0 Å². The van der Waals surface area contributed by atoms with Crippen LogP contribution < -0.4 is 16.8 Å². The van der Waals surface area contributed by atoms with E-state index in [1.807, 2.05) is 36.4 Å². The van der Waals surface area contributed by atoms with Crippen molar-refractivity contribution in [2.45, 2.75) is 6.04 Å². The summed E-state index contributed by atoms with van der Waals surface area (Å²) >= 11 is 0. The molecule has 0 saturated carbocycles. The number of para-hydroxylation sites is 2. The van der Waals surface area contributed by atoms with Crippen LogP contribution in [0.4, 0.5) is 11.4 Å². The average Bonchev–Trinajstić information content (AvgIpc) is 2.64. The van der Waals surface area contributed by atoms with E-state index in [4.69, 9.17) is 11.5 Å². The molecule has 5 heteroatoms. The molecule has 0 fully saturated rings. The molecular formula is C19H18N4O. The molecule has 5 nitrogen and oxygen atoms in total. The molecular weight excluding hydrogens is 300 g/mol. The number of pyridine rings is 1. The van der Waals surface area contributed by atoms with E-state index in [9.17, 15) is 4.79 Å². The van der Waals surface area contributed by atoms with Gasteiger partial charge in [-0.05, 0) is 41.5 Å². The second-order valence-corrected chi connectivity index (χ2v) is 5.43. The average molecular weight is 318 g/mol. The van der Waals surface area contributed by atoms with E-state index in [1.54, 1.807) is 36.7 Å². The minimum Gasteiger partial charge on any atom is -0.397 e. The SMILES string of the molecule is Nc1ccccc1NC(=O)c1ccc(C(N)c2cccnc2)cc1. The van der Waals surface area contributed by atoms with Gasteiger partial charge >= 0.3 is 0 Å². The zero-order valence-electron chi connectivity index (χ0n) is 13.0. The molecule has 3 aromatic rings. The fourth-order valence-corrected chi connectivity index (χ4v) is 2.40. The number of benzene rings is 2. The molecule has 24 heavy (non-hydrogen) atoms. The smallest absolute Gasteiger partial charge is 0.255 e. The van der Waals surface area contributed by atoms with Crippen molar-refractivity contribution in [3.63, 3.8) is 0 Å². The summed E-state index contributed by atoms with van der Waals surface area (Å²) in [5, 5.41) is 2.80. The summed E-state index contributed by atoms with van der Waals surface area (Å²) in [6.45, 7) is 0. The lowest BCUT2D eigenvalue weighted by Crippen LogP contribution is -2.15. The quantitative estimate of drug-likeness (QED) is 0.645. The summed E-state index contributed by atoms with van der Waals surface area (Å²) in [6, 6.07) is 17.8. The van der Waals surface area contributed by atoms with Gasteiger partial charge in [0, 0.05) is 18.0 Å². The highest BCUT2D eigenvalue weighted by Gasteiger charge is 2.11. The van der Waals surface area contributed by atoms with Crippen molar-refractivity contribution in [1.82, 2.24) is 4.98 Å². The van der Waals surface area contributed by atoms with Gasteiger partial charge < -0.3 is 16.8 Å². The van der Waals surface area contributed by atoms with Gasteiger partial charge in [-0.25, -0.2) is 0 Å². The Morgan fingerprint density at radius 2 is 1.71 bits per heavy atom. The van der Waals surface area contributed by atoms with Gasteiger partial charge in [0.05, 0.1) is 17.4 Å². The monoisotopic (exact) mass is 318 g/mol. The van der Waals surface area contributed by atoms with Gasteiger partial charge in [-0.15, -0.1) is 0 Å². The van der Waals surface area contributed by atoms with Gasteiger partial charge in [0.2, 0.25) is 0 Å². The molecule has 120 valence electrons. The molecule has 1 atom stereocenters. The predicted octanol–water partition coefficient (Wildman–Crippen LogP) is 2.96. The number of hydrogen-bond acceptors (Lipinski definition) is 4. The molecule has 0 aliphatic heterocycles. The normalized spacial score (nSPS) is 11.7. The minimum absolute atomic E-state index is 0.214. The van der Waals surface area contributed by atoms with Crippen LogP contribution >= 0.6 is 0 Å². The largest absolute Gasteiger partial charge is 0.397 e. The molecule has 0 saturated heterocycles. The minimum atomic E-state index is -0.277. The Morgan fingerprint density at radius 1 is 0.958 bits per heavy atom. The zero-order chi connectivity index (χ0) is 16.9. The Hall–Kier alpha value is -3.18. The van der Waals surface area contributed by atoms with Crippen LogP contribution in [0.15, 0.2) is 73.1 Å². The first-order chi connectivity index (χ1) is 11.6. The maximum absolute atomic E-state index is 12.3. The first-order valence-electron chi connectivity index (χ1n) is 7.56. The van der Waals surface area contributed by atoms with Crippen LogP contribution in [0.3, 0.4) is 0 Å². The topological polar surface area (TPSA) is 94.0 Å². The molecule has 2 aromatic carbocycles. The molecule has 1 heterocycles. The van der Waals surface area contributed by atoms with Gasteiger partial charge in [0.1, 0.15) is 0 Å². The number of carbonyl (C=O) groups is 1. The van der Waals surface area contributed by atoms with Gasteiger partial charge in [0.25, 0.3) is 5.91 Å². The lowest BCUT2D eigenvalue weighted by Gasteiger charge is -2.13. The van der Waals surface area contributed by atoms with Crippen LogP contribution in [0.25, 0.3) is 0 Å². The predicted molar refractivity (Wildman–Crippen MR) is 95.5 cm³/mol.